The van der Waals surface area contributed by atoms with Crippen LogP contribution in [0, 0.1) is 0 Å². The van der Waals surface area contributed by atoms with Crippen molar-refractivity contribution in [1.29, 1.82) is 0 Å². The highest BCUT2D eigenvalue weighted by Crippen LogP contribution is 2.42. The van der Waals surface area contributed by atoms with Gasteiger partial charge in [0.05, 0.1) is 0 Å². The van der Waals surface area contributed by atoms with Gasteiger partial charge in [-0.1, -0.05) is 164 Å². The molecule has 3 nitrogen and oxygen atoms in total. The van der Waals surface area contributed by atoms with Gasteiger partial charge in [0.15, 0.2) is 0 Å². The van der Waals surface area contributed by atoms with E-state index in [2.05, 4.69) is 312 Å². The molecule has 0 N–H and O–H groups in total. The summed E-state index contributed by atoms with van der Waals surface area (Å²) in [7, 11) is 0. The Kier molecular flexibility index (Phi) is 12.4. The molecule has 2 aromatic heterocycles. The number of anilines is 9. The van der Waals surface area contributed by atoms with E-state index < -0.39 is 0 Å². The summed E-state index contributed by atoms with van der Waals surface area (Å²) in [5, 5.41) is 2.57. The van der Waals surface area contributed by atoms with E-state index in [9.17, 15) is 0 Å². The minimum atomic E-state index is 1.09. The first-order chi connectivity index (χ1) is 37.1. The van der Waals surface area contributed by atoms with Crippen molar-refractivity contribution in [1.82, 2.24) is 0 Å². The predicted octanol–water partition coefficient (Wildman–Crippen LogP) is 21.2. The van der Waals surface area contributed by atoms with Crippen LogP contribution in [-0.2, 0) is 0 Å². The lowest BCUT2D eigenvalue weighted by Crippen LogP contribution is -2.10. The van der Waals surface area contributed by atoms with Gasteiger partial charge in [-0.25, -0.2) is 0 Å². The average Bonchev–Trinajstić information content (AvgIpc) is 4.13. The Hall–Kier alpha value is -9.26. The number of thiophene rings is 2. The quantitative estimate of drug-likeness (QED) is 0.114. The Morgan fingerprint density at radius 2 is 0.400 bits per heavy atom. The summed E-state index contributed by atoms with van der Waals surface area (Å²) in [5.74, 6) is 0. The topological polar surface area (TPSA) is 9.72 Å². The number of hydrogen-bond donors (Lipinski definition) is 0. The minimum absolute atomic E-state index is 1.09. The Morgan fingerprint density at radius 3 is 0.653 bits per heavy atom. The normalized spacial score (nSPS) is 11.2. The molecule has 0 amide bonds. The van der Waals surface area contributed by atoms with Crippen molar-refractivity contribution >= 4 is 94.0 Å². The van der Waals surface area contributed by atoms with Crippen molar-refractivity contribution in [3.8, 4) is 43.1 Å². The van der Waals surface area contributed by atoms with Gasteiger partial charge in [0.2, 0.25) is 0 Å². The molecule has 0 saturated carbocycles. The fraction of sp³-hybridized carbons (Fsp3) is 0. The Morgan fingerprint density at radius 1 is 0.187 bits per heavy atom. The van der Waals surface area contributed by atoms with E-state index in [1.54, 1.807) is 0 Å². The zero-order chi connectivity index (χ0) is 49.9. The molecule has 0 aliphatic rings. The third-order valence-electron chi connectivity index (χ3n) is 13.9. The van der Waals surface area contributed by atoms with E-state index in [4.69, 9.17) is 0 Å². The molecule has 75 heavy (non-hydrogen) atoms. The van der Waals surface area contributed by atoms with E-state index in [-0.39, 0.29) is 0 Å². The zero-order valence-corrected chi connectivity index (χ0v) is 42.6. The molecular weight excluding hydrogens is 947 g/mol. The summed E-state index contributed by atoms with van der Waals surface area (Å²) in [6.07, 6.45) is 0. The van der Waals surface area contributed by atoms with E-state index in [1.807, 2.05) is 22.7 Å². The molecule has 13 rings (SSSR count). The van der Waals surface area contributed by atoms with Crippen LogP contribution in [0.4, 0.5) is 51.2 Å². The maximum atomic E-state index is 2.33. The highest BCUT2D eigenvalue weighted by molar-refractivity contribution is 7.22. The van der Waals surface area contributed by atoms with E-state index in [0.717, 1.165) is 73.4 Å². The lowest BCUT2D eigenvalue weighted by molar-refractivity contribution is 1.28. The highest BCUT2D eigenvalue weighted by Gasteiger charge is 2.18. The summed E-state index contributed by atoms with van der Waals surface area (Å²) >= 11 is 3.68. The van der Waals surface area contributed by atoms with Crippen molar-refractivity contribution in [2.45, 2.75) is 0 Å². The SMILES string of the molecule is c1ccc(N(c2ccc(-c3ccc(N(c4ccccc4)c4ccc(-c5cc6ccccc6s5)cc4)cc3)cc2)c2ccc(-c3ccc(N(c4ccccc4)c4ccc(-c5cc6ccccc6s5)cc4)cc3)cc2)cc1. The molecule has 2 heterocycles. The van der Waals surface area contributed by atoms with Crippen LogP contribution in [-0.4, -0.2) is 0 Å². The average molecular weight is 996 g/mol. The van der Waals surface area contributed by atoms with Crippen molar-refractivity contribution in [2.24, 2.45) is 0 Å². The van der Waals surface area contributed by atoms with E-state index in [0.29, 0.717) is 0 Å². The van der Waals surface area contributed by atoms with Crippen LogP contribution in [0.15, 0.2) is 297 Å². The fourth-order valence-electron chi connectivity index (χ4n) is 10.1. The smallest absolute Gasteiger partial charge is 0.0462 e. The molecule has 0 spiro atoms. The maximum absolute atomic E-state index is 2.33. The molecule has 0 aliphatic heterocycles. The number of hydrogen-bond acceptors (Lipinski definition) is 5. The third kappa shape index (κ3) is 9.39. The van der Waals surface area contributed by atoms with Crippen molar-refractivity contribution < 1.29 is 0 Å². The van der Waals surface area contributed by atoms with Gasteiger partial charge in [-0.05, 0) is 178 Å². The van der Waals surface area contributed by atoms with Gasteiger partial charge < -0.3 is 14.7 Å². The first-order valence-electron chi connectivity index (χ1n) is 25.3. The molecule has 0 aliphatic carbocycles. The molecule has 5 heteroatoms. The molecule has 11 aromatic carbocycles. The van der Waals surface area contributed by atoms with Crippen LogP contribution in [0.5, 0.6) is 0 Å². The summed E-state index contributed by atoms with van der Waals surface area (Å²) < 4.78 is 2.62. The van der Waals surface area contributed by atoms with Gasteiger partial charge >= 0.3 is 0 Å². The van der Waals surface area contributed by atoms with E-state index >= 15 is 0 Å². The number of para-hydroxylation sites is 3. The zero-order valence-electron chi connectivity index (χ0n) is 40.9. The number of nitrogens with zero attached hydrogens (tertiary/aromatic N) is 3. The summed E-state index contributed by atoms with van der Waals surface area (Å²) in [6.45, 7) is 0. The van der Waals surface area contributed by atoms with Crippen LogP contribution < -0.4 is 14.7 Å². The van der Waals surface area contributed by atoms with Crippen LogP contribution in [0.3, 0.4) is 0 Å². The van der Waals surface area contributed by atoms with Crippen molar-refractivity contribution in [2.75, 3.05) is 14.7 Å². The molecule has 0 unspecified atom stereocenters. The van der Waals surface area contributed by atoms with Gasteiger partial charge in [-0.3, -0.25) is 0 Å². The lowest BCUT2D eigenvalue weighted by Gasteiger charge is -2.26. The molecule has 0 saturated heterocycles. The molecule has 0 radical (unpaired) electrons. The van der Waals surface area contributed by atoms with Gasteiger partial charge in [-0.15, -0.1) is 22.7 Å². The Labute approximate surface area is 446 Å². The highest BCUT2D eigenvalue weighted by atomic mass is 32.1. The van der Waals surface area contributed by atoms with Crippen molar-refractivity contribution in [3.05, 3.63) is 297 Å². The van der Waals surface area contributed by atoms with Gasteiger partial charge in [0, 0.05) is 70.3 Å². The number of rotatable bonds is 13. The molecule has 0 fully saturated rings. The first-order valence-corrected chi connectivity index (χ1v) is 26.9. The van der Waals surface area contributed by atoms with Gasteiger partial charge in [0.1, 0.15) is 0 Å². The lowest BCUT2D eigenvalue weighted by atomic mass is 10.0. The van der Waals surface area contributed by atoms with Gasteiger partial charge in [-0.2, -0.15) is 0 Å². The van der Waals surface area contributed by atoms with E-state index in [1.165, 1.54) is 41.1 Å². The third-order valence-corrected chi connectivity index (χ3v) is 16.2. The second-order valence-electron chi connectivity index (χ2n) is 18.6. The Bertz CT molecular complexity index is 3690. The van der Waals surface area contributed by atoms with Gasteiger partial charge in [0.25, 0.3) is 0 Å². The first kappa shape index (κ1) is 45.6. The standard InChI is InChI=1S/C70H49N3S2/c1-4-16-58(17-5-1)71(61-36-24-50(25-37-61)52-28-40-63(41-29-52)72(59-18-6-2-7-19-59)65-44-32-54(33-45-65)69-48-56-14-10-12-22-67(56)74-69)62-38-26-51(27-39-62)53-30-42-64(43-31-53)73(60-20-8-3-9-21-60)66-46-34-55(35-47-66)70-49-57-15-11-13-23-68(57)75-70/h1-49H. The predicted molar refractivity (Wildman–Crippen MR) is 323 cm³/mol. The molecule has 356 valence electrons. The van der Waals surface area contributed by atoms with Crippen LogP contribution >= 0.6 is 22.7 Å². The molecular formula is C70H49N3S2. The summed E-state index contributed by atoms with van der Waals surface area (Å²) in [6, 6.07) is 107. The maximum Gasteiger partial charge on any atom is 0.0462 e. The number of fused-ring (bicyclic) bond motifs is 2. The second kappa shape index (κ2) is 20.3. The summed E-state index contributed by atoms with van der Waals surface area (Å²) in [5.41, 5.74) is 17.0. The molecule has 0 bridgehead atoms. The summed E-state index contributed by atoms with van der Waals surface area (Å²) in [4.78, 5) is 9.54. The molecule has 13 aromatic rings. The van der Waals surface area contributed by atoms with Crippen LogP contribution in [0.2, 0.25) is 0 Å². The fourth-order valence-corrected chi connectivity index (χ4v) is 12.2. The Balaban J connectivity index is 0.741. The van der Waals surface area contributed by atoms with Crippen LogP contribution in [0.1, 0.15) is 0 Å². The largest absolute Gasteiger partial charge is 0.311 e. The monoisotopic (exact) mass is 995 g/mol. The second-order valence-corrected chi connectivity index (χ2v) is 20.8. The van der Waals surface area contributed by atoms with Crippen molar-refractivity contribution in [3.63, 3.8) is 0 Å². The number of benzene rings is 11. The minimum Gasteiger partial charge on any atom is -0.311 e. The van der Waals surface area contributed by atoms with Crippen LogP contribution in [0.25, 0.3) is 63.3 Å². The molecule has 0 atom stereocenters.